The van der Waals surface area contributed by atoms with Crippen molar-refractivity contribution in [3.05, 3.63) is 77.1 Å². The molecule has 2 aromatic carbocycles. The minimum Gasteiger partial charge on any atom is -0.378 e. The highest BCUT2D eigenvalue weighted by molar-refractivity contribution is 7.98. The van der Waals surface area contributed by atoms with Gasteiger partial charge in [0.25, 0.3) is 5.91 Å². The van der Waals surface area contributed by atoms with E-state index in [4.69, 9.17) is 11.0 Å². The van der Waals surface area contributed by atoms with E-state index in [0.717, 1.165) is 10.5 Å². The summed E-state index contributed by atoms with van der Waals surface area (Å²) in [7, 11) is 0. The van der Waals surface area contributed by atoms with Crippen molar-refractivity contribution in [3.8, 4) is 11.9 Å². The average molecular weight is 459 g/mol. The fraction of sp³-hybridized carbons (Fsp3) is 0.0952. The summed E-state index contributed by atoms with van der Waals surface area (Å²) in [5.41, 5.74) is 10.7. The number of carbonyl (C=O) groups excluding carboxylic acids is 1. The Bertz CT molecular complexity index is 1340. The summed E-state index contributed by atoms with van der Waals surface area (Å²) in [5, 5.41) is 28.4. The zero-order valence-electron chi connectivity index (χ0n) is 17.3. The molecule has 0 saturated heterocycles. The lowest BCUT2D eigenvalue weighted by Gasteiger charge is -2.06. The molecule has 4 aromatic rings. The van der Waals surface area contributed by atoms with Crippen LogP contribution in [-0.2, 0) is 5.75 Å². The van der Waals surface area contributed by atoms with Gasteiger partial charge in [0.05, 0.1) is 23.0 Å². The maximum absolute atomic E-state index is 12.9. The summed E-state index contributed by atoms with van der Waals surface area (Å²) < 4.78 is 6.00. The molecule has 11 nitrogen and oxygen atoms in total. The zero-order valence-corrected chi connectivity index (χ0v) is 18.2. The monoisotopic (exact) mass is 459 g/mol. The number of nitrogens with one attached hydrogen (secondary N) is 1. The Hall–Kier alpha value is -4.50. The zero-order chi connectivity index (χ0) is 23.2. The van der Waals surface area contributed by atoms with Crippen molar-refractivity contribution in [2.75, 3.05) is 5.73 Å². The highest BCUT2D eigenvalue weighted by Crippen LogP contribution is 2.25. The number of nitrogens with zero attached hydrogens (tertiary/aromatic N) is 7. The van der Waals surface area contributed by atoms with Gasteiger partial charge in [-0.05, 0) is 47.1 Å². The van der Waals surface area contributed by atoms with Crippen LogP contribution >= 0.6 is 11.8 Å². The molecule has 0 aliphatic heterocycles. The molecule has 4 rings (SSSR count). The molecule has 0 unspecified atom stereocenters. The van der Waals surface area contributed by atoms with Crippen molar-refractivity contribution in [2.24, 2.45) is 5.10 Å². The number of thioether (sulfide) groups is 1. The molecule has 0 spiro atoms. The van der Waals surface area contributed by atoms with Crippen LogP contribution in [0, 0.1) is 11.3 Å². The van der Waals surface area contributed by atoms with Crippen molar-refractivity contribution in [1.82, 2.24) is 30.7 Å². The molecule has 0 atom stereocenters. The first-order valence-corrected chi connectivity index (χ1v) is 10.6. The molecule has 0 radical (unpaired) electrons. The number of nitriles is 1. The third kappa shape index (κ3) is 4.89. The number of nitrogen functional groups attached to an aromatic ring is 1. The van der Waals surface area contributed by atoms with Crippen LogP contribution in [-0.4, -0.2) is 36.9 Å². The number of hydrogen-bond acceptors (Lipinski definition) is 10. The van der Waals surface area contributed by atoms with Crippen LogP contribution in [0.2, 0.25) is 0 Å². The number of anilines is 1. The predicted molar refractivity (Wildman–Crippen MR) is 120 cm³/mol. The van der Waals surface area contributed by atoms with Gasteiger partial charge in [0.15, 0.2) is 5.69 Å². The summed E-state index contributed by atoms with van der Waals surface area (Å²) in [5.74, 6) is -0.0346. The fourth-order valence-electron chi connectivity index (χ4n) is 2.82. The number of rotatable bonds is 7. The van der Waals surface area contributed by atoms with Gasteiger partial charge in [-0.15, -0.1) is 16.9 Å². The van der Waals surface area contributed by atoms with Crippen molar-refractivity contribution in [2.45, 2.75) is 17.6 Å². The second-order valence-corrected chi connectivity index (χ2v) is 7.75. The van der Waals surface area contributed by atoms with E-state index in [9.17, 15) is 4.79 Å². The molecule has 0 fully saturated rings. The van der Waals surface area contributed by atoms with Crippen molar-refractivity contribution >= 4 is 29.2 Å². The van der Waals surface area contributed by atoms with Crippen LogP contribution in [0.1, 0.15) is 34.2 Å². The molecule has 12 heteroatoms. The van der Waals surface area contributed by atoms with Crippen LogP contribution in [0.3, 0.4) is 0 Å². The summed E-state index contributed by atoms with van der Waals surface area (Å²) >= 11 is 1.49. The van der Waals surface area contributed by atoms with Gasteiger partial charge >= 0.3 is 0 Å². The van der Waals surface area contributed by atoms with E-state index in [1.54, 1.807) is 31.2 Å². The van der Waals surface area contributed by atoms with E-state index < -0.39 is 5.91 Å². The Morgan fingerprint density at radius 3 is 2.64 bits per heavy atom. The number of aromatic nitrogens is 5. The Morgan fingerprint density at radius 2 is 1.97 bits per heavy atom. The highest BCUT2D eigenvalue weighted by Gasteiger charge is 2.24. The number of hydrazone groups is 1. The van der Waals surface area contributed by atoms with Gasteiger partial charge in [-0.2, -0.15) is 15.0 Å². The first-order valence-electron chi connectivity index (χ1n) is 9.63. The van der Waals surface area contributed by atoms with Gasteiger partial charge in [-0.3, -0.25) is 4.79 Å². The molecule has 0 aliphatic rings. The molecule has 3 N–H and O–H groups in total. The van der Waals surface area contributed by atoms with Gasteiger partial charge < -0.3 is 5.73 Å². The summed E-state index contributed by atoms with van der Waals surface area (Å²) in [6.45, 7) is 1.74. The lowest BCUT2D eigenvalue weighted by Crippen LogP contribution is -2.21. The van der Waals surface area contributed by atoms with E-state index >= 15 is 0 Å². The summed E-state index contributed by atoms with van der Waals surface area (Å²) in [4.78, 5) is 13.9. The van der Waals surface area contributed by atoms with Crippen LogP contribution < -0.4 is 11.2 Å². The molecule has 2 heterocycles. The number of amides is 1. The average Bonchev–Trinajstić information content (AvgIpc) is 3.47. The minimum absolute atomic E-state index is 0.0208. The van der Waals surface area contributed by atoms with Gasteiger partial charge in [-0.1, -0.05) is 35.5 Å². The maximum Gasteiger partial charge on any atom is 0.293 e. The van der Waals surface area contributed by atoms with E-state index in [1.807, 2.05) is 30.3 Å². The normalized spacial score (nSPS) is 11.2. The quantitative estimate of drug-likeness (QED) is 0.240. The third-order valence-electron chi connectivity index (χ3n) is 4.55. The molecule has 1 amide bonds. The Kier molecular flexibility index (Phi) is 6.42. The molecule has 0 bridgehead atoms. The molecule has 164 valence electrons. The molecule has 33 heavy (non-hydrogen) atoms. The van der Waals surface area contributed by atoms with E-state index in [-0.39, 0.29) is 17.3 Å². The topological polar surface area (TPSA) is 161 Å². The third-order valence-corrected chi connectivity index (χ3v) is 5.57. The first kappa shape index (κ1) is 21.7. The SMILES string of the molecule is C/C(=N/NC(=O)c1nnn(-c2nonc2N)c1CSc1ccccc1)c1ccc(C#N)cc1. The van der Waals surface area contributed by atoms with Crippen LogP contribution in [0.25, 0.3) is 5.82 Å². The molecule has 0 saturated carbocycles. The Labute approximate surface area is 192 Å². The molecule has 2 aromatic heterocycles. The lowest BCUT2D eigenvalue weighted by atomic mass is 10.1. The molecular weight excluding hydrogens is 442 g/mol. The Balaban J connectivity index is 1.59. The van der Waals surface area contributed by atoms with Gasteiger partial charge in [-0.25, -0.2) is 10.1 Å². The second kappa shape index (κ2) is 9.75. The maximum atomic E-state index is 12.9. The standard InChI is InChI=1S/C21H17N9O2S/c1-13(15-9-7-14(11-22)8-10-15)24-26-21(31)18-17(12-33-16-5-3-2-4-6-16)30(29-25-18)20-19(23)27-32-28-20/h2-10H,12H2,1H3,(H2,23,27)(H,26,31)/b24-13-. The molecule has 0 aliphatic carbocycles. The minimum atomic E-state index is -0.548. The number of hydrogen-bond donors (Lipinski definition) is 2. The molecular formula is C21H17N9O2S. The lowest BCUT2D eigenvalue weighted by molar-refractivity contribution is 0.0949. The van der Waals surface area contributed by atoms with Gasteiger partial charge in [0.2, 0.25) is 11.6 Å². The van der Waals surface area contributed by atoms with Crippen LogP contribution in [0.4, 0.5) is 5.82 Å². The van der Waals surface area contributed by atoms with E-state index in [2.05, 4.69) is 41.9 Å². The fourth-order valence-corrected chi connectivity index (χ4v) is 3.73. The second-order valence-electron chi connectivity index (χ2n) is 6.70. The first-order chi connectivity index (χ1) is 16.1. The van der Waals surface area contributed by atoms with E-state index in [0.29, 0.717) is 22.7 Å². The number of carbonyl (C=O) groups is 1. The largest absolute Gasteiger partial charge is 0.378 e. The van der Waals surface area contributed by atoms with E-state index in [1.165, 1.54) is 16.4 Å². The van der Waals surface area contributed by atoms with Crippen LogP contribution in [0.5, 0.6) is 0 Å². The predicted octanol–water partition coefficient (Wildman–Crippen LogP) is 2.55. The van der Waals surface area contributed by atoms with Crippen molar-refractivity contribution < 1.29 is 9.42 Å². The highest BCUT2D eigenvalue weighted by atomic mass is 32.2. The van der Waals surface area contributed by atoms with Crippen LogP contribution in [0.15, 0.2) is 69.2 Å². The summed E-state index contributed by atoms with van der Waals surface area (Å²) in [6.07, 6.45) is 0. The Morgan fingerprint density at radius 1 is 1.21 bits per heavy atom. The number of nitrogens with two attached hydrogens (primary N) is 1. The smallest absolute Gasteiger partial charge is 0.293 e. The van der Waals surface area contributed by atoms with Gasteiger partial charge in [0.1, 0.15) is 0 Å². The van der Waals surface area contributed by atoms with Gasteiger partial charge in [0, 0.05) is 10.6 Å². The van der Waals surface area contributed by atoms with Crippen molar-refractivity contribution in [3.63, 3.8) is 0 Å². The van der Waals surface area contributed by atoms with Crippen molar-refractivity contribution in [1.29, 1.82) is 5.26 Å². The summed E-state index contributed by atoms with van der Waals surface area (Å²) in [6, 6.07) is 18.6. The number of benzene rings is 2.